The molecule has 1 aliphatic heterocycles. The van der Waals surface area contributed by atoms with Gasteiger partial charge < -0.3 is 4.90 Å². The summed E-state index contributed by atoms with van der Waals surface area (Å²) >= 11 is 6.78. The summed E-state index contributed by atoms with van der Waals surface area (Å²) in [5.41, 5.74) is 2.90. The normalized spacial score (nSPS) is 13.2. The topological polar surface area (TPSA) is 38.1 Å². The maximum Gasteiger partial charge on any atom is 0.416 e. The molecule has 6 rings (SSSR count). The van der Waals surface area contributed by atoms with Crippen molar-refractivity contribution in [3.63, 3.8) is 0 Å². The fraction of sp³-hybridized carbons (Fsp3) is 0.161. The third-order valence-electron chi connectivity index (χ3n) is 7.15. The number of rotatable bonds is 5. The van der Waals surface area contributed by atoms with Crippen molar-refractivity contribution < 1.29 is 13.2 Å². The van der Waals surface area contributed by atoms with Crippen molar-refractivity contribution in [3.8, 4) is 11.1 Å². The first-order valence-electron chi connectivity index (χ1n) is 12.6. The molecule has 4 nitrogen and oxygen atoms in total. The Labute approximate surface area is 227 Å². The van der Waals surface area contributed by atoms with Crippen LogP contribution in [-0.2, 0) is 25.7 Å². The Morgan fingerprint density at radius 2 is 1.67 bits per heavy atom. The molecule has 0 bridgehead atoms. The van der Waals surface area contributed by atoms with Gasteiger partial charge >= 0.3 is 6.18 Å². The third-order valence-corrected chi connectivity index (χ3v) is 7.54. The van der Waals surface area contributed by atoms with Crippen LogP contribution in [-0.4, -0.2) is 16.1 Å². The minimum Gasteiger partial charge on any atom is -0.351 e. The number of alkyl halides is 3. The molecule has 0 unspecified atom stereocenters. The van der Waals surface area contributed by atoms with E-state index in [4.69, 9.17) is 11.6 Å². The van der Waals surface area contributed by atoms with Crippen LogP contribution in [0.5, 0.6) is 0 Å². The lowest BCUT2D eigenvalue weighted by atomic mass is 9.93. The van der Waals surface area contributed by atoms with Crippen molar-refractivity contribution >= 4 is 28.3 Å². The lowest BCUT2D eigenvalue weighted by Gasteiger charge is -2.25. The van der Waals surface area contributed by atoms with Gasteiger partial charge in [-0.2, -0.15) is 13.2 Å². The third kappa shape index (κ3) is 4.68. The summed E-state index contributed by atoms with van der Waals surface area (Å²) in [6.45, 7) is 1.43. The summed E-state index contributed by atoms with van der Waals surface area (Å²) in [7, 11) is 0. The summed E-state index contributed by atoms with van der Waals surface area (Å²) in [6.07, 6.45) is -2.58. The van der Waals surface area contributed by atoms with Crippen LogP contribution in [0.25, 0.3) is 22.0 Å². The van der Waals surface area contributed by atoms with Gasteiger partial charge in [0.2, 0.25) is 0 Å². The first-order valence-corrected chi connectivity index (χ1v) is 12.9. The van der Waals surface area contributed by atoms with E-state index in [0.717, 1.165) is 34.2 Å². The molecule has 3 aromatic carbocycles. The van der Waals surface area contributed by atoms with Crippen LogP contribution < -0.4 is 10.5 Å². The predicted molar refractivity (Wildman–Crippen MR) is 148 cm³/mol. The highest BCUT2D eigenvalue weighted by molar-refractivity contribution is 6.31. The van der Waals surface area contributed by atoms with Crippen LogP contribution in [0.1, 0.15) is 22.3 Å². The van der Waals surface area contributed by atoms with Gasteiger partial charge in [-0.1, -0.05) is 78.3 Å². The number of halogens is 4. The number of fused-ring (bicyclic) bond motifs is 2. The van der Waals surface area contributed by atoms with E-state index in [0.29, 0.717) is 42.1 Å². The van der Waals surface area contributed by atoms with Gasteiger partial charge in [-0.3, -0.25) is 14.3 Å². The van der Waals surface area contributed by atoms with Crippen LogP contribution in [0.4, 0.5) is 19.0 Å². The number of nitrogens with zero attached hydrogens (tertiary/aromatic N) is 3. The van der Waals surface area contributed by atoms with E-state index in [1.807, 2.05) is 65.6 Å². The van der Waals surface area contributed by atoms with Crippen LogP contribution in [0, 0.1) is 0 Å². The van der Waals surface area contributed by atoms with Crippen molar-refractivity contribution in [2.24, 2.45) is 0 Å². The number of hydrogen-bond acceptors (Lipinski definition) is 3. The molecule has 196 valence electrons. The second-order valence-electron chi connectivity index (χ2n) is 9.60. The van der Waals surface area contributed by atoms with E-state index < -0.39 is 11.7 Å². The highest BCUT2D eigenvalue weighted by Crippen LogP contribution is 2.42. The monoisotopic (exact) mass is 545 g/mol. The maximum atomic E-state index is 13.8. The Balaban J connectivity index is 1.60. The molecule has 2 aromatic heterocycles. The summed E-state index contributed by atoms with van der Waals surface area (Å²) in [6, 6.07) is 24.6. The molecule has 3 heterocycles. The number of aromatic nitrogens is 2. The smallest absolute Gasteiger partial charge is 0.351 e. The average molecular weight is 546 g/mol. The zero-order valence-electron chi connectivity index (χ0n) is 20.8. The van der Waals surface area contributed by atoms with Gasteiger partial charge in [-0.05, 0) is 40.5 Å². The van der Waals surface area contributed by atoms with E-state index in [9.17, 15) is 18.0 Å². The van der Waals surface area contributed by atoms with Crippen LogP contribution in [0.3, 0.4) is 0 Å². The molecule has 0 spiro atoms. The van der Waals surface area contributed by atoms with Gasteiger partial charge in [0, 0.05) is 43.2 Å². The summed E-state index contributed by atoms with van der Waals surface area (Å²) in [4.78, 5) is 20.1. The molecule has 8 heteroatoms. The largest absolute Gasteiger partial charge is 0.416 e. The van der Waals surface area contributed by atoms with Gasteiger partial charge in [-0.15, -0.1) is 0 Å². The van der Waals surface area contributed by atoms with Gasteiger partial charge in [0.1, 0.15) is 10.8 Å². The number of anilines is 1. The minimum absolute atomic E-state index is 0.0145. The lowest BCUT2D eigenvalue weighted by molar-refractivity contribution is -0.137. The molecule has 0 radical (unpaired) electrons. The fourth-order valence-electron chi connectivity index (χ4n) is 5.36. The molecule has 0 fully saturated rings. The fourth-order valence-corrected chi connectivity index (χ4v) is 5.63. The minimum atomic E-state index is -4.52. The molecule has 0 saturated heterocycles. The number of benzene rings is 3. The maximum absolute atomic E-state index is 13.8. The molecule has 39 heavy (non-hydrogen) atoms. The van der Waals surface area contributed by atoms with Crippen LogP contribution >= 0.6 is 11.6 Å². The molecule has 1 aliphatic rings. The highest BCUT2D eigenvalue weighted by atomic mass is 35.5. The molecule has 0 saturated carbocycles. The van der Waals surface area contributed by atoms with Crippen molar-refractivity contribution in [2.45, 2.75) is 25.7 Å². The van der Waals surface area contributed by atoms with Crippen LogP contribution in [0.15, 0.2) is 95.9 Å². The number of para-hydroxylation sites is 1. The molecular weight excluding hydrogens is 523 g/mol. The Morgan fingerprint density at radius 3 is 2.46 bits per heavy atom. The number of pyridine rings is 2. The van der Waals surface area contributed by atoms with Crippen molar-refractivity contribution in [3.05, 3.63) is 129 Å². The van der Waals surface area contributed by atoms with Gasteiger partial charge in [0.25, 0.3) is 5.56 Å². The molecule has 0 atom stereocenters. The van der Waals surface area contributed by atoms with Crippen molar-refractivity contribution in [1.29, 1.82) is 0 Å². The molecule has 5 aromatic rings. The zero-order chi connectivity index (χ0) is 27.1. The van der Waals surface area contributed by atoms with Crippen LogP contribution in [0.2, 0.25) is 5.02 Å². The molecular formula is C31H23ClF3N3O. The van der Waals surface area contributed by atoms with E-state index in [-0.39, 0.29) is 17.0 Å². The van der Waals surface area contributed by atoms with Crippen molar-refractivity contribution in [2.75, 3.05) is 11.4 Å². The standard InChI is InChI=1S/C31H23ClF3N3O/c32-27-25(18-23-11-4-9-21-12-6-14-36-28(21)23)26(22-10-5-13-24(17-22)31(33,34)35)29-37(15-16-38(29)30(27)39)19-20-7-2-1-3-8-20/h1-14,17H,15-16,18-19H2. The predicted octanol–water partition coefficient (Wildman–Crippen LogP) is 7.35. The van der Waals surface area contributed by atoms with E-state index in [1.165, 1.54) is 6.07 Å². The Kier molecular flexibility index (Phi) is 6.39. The highest BCUT2D eigenvalue weighted by Gasteiger charge is 2.33. The Morgan fingerprint density at radius 1 is 0.897 bits per heavy atom. The van der Waals surface area contributed by atoms with Gasteiger partial charge in [0.05, 0.1) is 11.1 Å². The van der Waals surface area contributed by atoms with Gasteiger partial charge in [-0.25, -0.2) is 0 Å². The summed E-state index contributed by atoms with van der Waals surface area (Å²) < 4.78 is 43.0. The quantitative estimate of drug-likeness (QED) is 0.232. The second kappa shape index (κ2) is 9.89. The molecule has 0 aliphatic carbocycles. The average Bonchev–Trinajstić information content (AvgIpc) is 3.35. The molecule has 0 N–H and O–H groups in total. The van der Waals surface area contributed by atoms with Gasteiger partial charge in [0.15, 0.2) is 0 Å². The second-order valence-corrected chi connectivity index (χ2v) is 9.98. The SMILES string of the molecule is O=c1c(Cl)c(Cc2cccc3cccnc23)c(-c2cccc(C(F)(F)F)c2)c2n1CCN2Cc1ccccc1. The first kappa shape index (κ1) is 25.2. The lowest BCUT2D eigenvalue weighted by Crippen LogP contribution is -2.24. The number of hydrogen-bond donors (Lipinski definition) is 0. The summed E-state index contributed by atoms with van der Waals surface area (Å²) in [5.74, 6) is 0.579. The first-order chi connectivity index (χ1) is 18.8. The van der Waals surface area contributed by atoms with E-state index in [2.05, 4.69) is 4.98 Å². The summed E-state index contributed by atoms with van der Waals surface area (Å²) in [5, 5.41) is 0.941. The van der Waals surface area contributed by atoms with E-state index >= 15 is 0 Å². The Hall–Kier alpha value is -4.10. The Bertz CT molecular complexity index is 1740. The zero-order valence-corrected chi connectivity index (χ0v) is 21.5. The van der Waals surface area contributed by atoms with E-state index in [1.54, 1.807) is 16.8 Å². The molecule has 0 amide bonds. The van der Waals surface area contributed by atoms with Crippen molar-refractivity contribution in [1.82, 2.24) is 9.55 Å².